The van der Waals surface area contributed by atoms with Crippen LogP contribution in [-0.2, 0) is 16.0 Å². The number of halogens is 2. The Morgan fingerprint density at radius 1 is 1.12 bits per heavy atom. The first-order valence-electron chi connectivity index (χ1n) is 7.30. The zero-order valence-corrected chi connectivity index (χ0v) is 14.4. The van der Waals surface area contributed by atoms with Gasteiger partial charge in [-0.1, -0.05) is 17.7 Å². The van der Waals surface area contributed by atoms with Crippen LogP contribution in [0.3, 0.4) is 0 Å². The highest BCUT2D eigenvalue weighted by Gasteiger charge is 2.18. The lowest BCUT2D eigenvalue weighted by Crippen LogP contribution is -2.17. The molecule has 5 nitrogen and oxygen atoms in total. The molecule has 132 valence electrons. The minimum Gasteiger partial charge on any atom is -0.497 e. The highest BCUT2D eigenvalue weighted by Crippen LogP contribution is 2.24. The van der Waals surface area contributed by atoms with E-state index in [1.807, 2.05) is 0 Å². The molecule has 25 heavy (non-hydrogen) atoms. The summed E-state index contributed by atoms with van der Waals surface area (Å²) in [6.07, 6.45) is -0.367. The number of esters is 1. The summed E-state index contributed by atoms with van der Waals surface area (Å²) in [5.74, 6) is -1.04. The van der Waals surface area contributed by atoms with Crippen molar-refractivity contribution in [2.45, 2.75) is 6.42 Å². The van der Waals surface area contributed by atoms with Crippen LogP contribution < -0.4 is 9.47 Å². The Kier molecular flexibility index (Phi) is 6.36. The fourth-order valence-corrected chi connectivity index (χ4v) is 2.38. The van der Waals surface area contributed by atoms with Crippen molar-refractivity contribution in [2.75, 3.05) is 20.8 Å². The molecule has 0 saturated carbocycles. The lowest BCUT2D eigenvalue weighted by atomic mass is 10.1. The Morgan fingerprint density at radius 3 is 2.52 bits per heavy atom. The molecule has 0 unspecified atom stereocenters. The standard InChI is InChI=1S/C18H16ClFO5/c1-23-11-6-7-17(24-2)13(8-11)16(21)10-25-18(22)9-12-14(19)4-3-5-15(12)20/h3-8H,9-10H2,1-2H3. The minimum absolute atomic E-state index is 0.0283. The summed E-state index contributed by atoms with van der Waals surface area (Å²) in [4.78, 5) is 24.1. The maximum atomic E-state index is 13.7. The van der Waals surface area contributed by atoms with E-state index < -0.39 is 24.2 Å². The molecule has 0 saturated heterocycles. The number of ether oxygens (including phenoxy) is 3. The van der Waals surface area contributed by atoms with Gasteiger partial charge in [-0.05, 0) is 30.3 Å². The first-order valence-corrected chi connectivity index (χ1v) is 7.67. The summed E-state index contributed by atoms with van der Waals surface area (Å²) in [6, 6.07) is 8.81. The first-order chi connectivity index (χ1) is 12.0. The molecule has 0 bridgehead atoms. The molecule has 0 radical (unpaired) electrons. The van der Waals surface area contributed by atoms with Crippen LogP contribution in [0.1, 0.15) is 15.9 Å². The van der Waals surface area contributed by atoms with E-state index in [1.165, 1.54) is 38.5 Å². The van der Waals surface area contributed by atoms with Gasteiger partial charge in [0.05, 0.1) is 26.2 Å². The quantitative estimate of drug-likeness (QED) is 0.554. The van der Waals surface area contributed by atoms with Crippen molar-refractivity contribution in [1.82, 2.24) is 0 Å². The molecular weight excluding hydrogens is 351 g/mol. The topological polar surface area (TPSA) is 61.8 Å². The van der Waals surface area contributed by atoms with Gasteiger partial charge in [0.1, 0.15) is 17.3 Å². The summed E-state index contributed by atoms with van der Waals surface area (Å²) in [5.41, 5.74) is 0.249. The number of hydrogen-bond acceptors (Lipinski definition) is 5. The van der Waals surface area contributed by atoms with Crippen molar-refractivity contribution in [3.8, 4) is 11.5 Å². The fourth-order valence-electron chi connectivity index (χ4n) is 2.15. The minimum atomic E-state index is -0.762. The van der Waals surface area contributed by atoms with E-state index in [1.54, 1.807) is 12.1 Å². The molecule has 0 heterocycles. The van der Waals surface area contributed by atoms with Gasteiger partial charge in [0, 0.05) is 10.6 Å². The van der Waals surface area contributed by atoms with E-state index in [0.717, 1.165) is 0 Å². The van der Waals surface area contributed by atoms with Gasteiger partial charge in [-0.15, -0.1) is 0 Å². The molecule has 7 heteroatoms. The zero-order chi connectivity index (χ0) is 18.4. The first kappa shape index (κ1) is 18.7. The van der Waals surface area contributed by atoms with E-state index in [4.69, 9.17) is 25.8 Å². The molecule has 2 aromatic rings. The van der Waals surface area contributed by atoms with E-state index in [0.29, 0.717) is 11.5 Å². The Balaban J connectivity index is 2.03. The van der Waals surface area contributed by atoms with Crippen LogP contribution in [0, 0.1) is 5.82 Å². The third-order valence-electron chi connectivity index (χ3n) is 3.45. The van der Waals surface area contributed by atoms with Crippen molar-refractivity contribution in [1.29, 1.82) is 0 Å². The summed E-state index contributed by atoms with van der Waals surface area (Å²) >= 11 is 5.86. The summed E-state index contributed by atoms with van der Waals surface area (Å²) in [5, 5.41) is 0.123. The predicted octanol–water partition coefficient (Wildman–Crippen LogP) is 3.46. The number of Topliss-reactive ketones (excluding diaryl/α,β-unsaturated/α-hetero) is 1. The van der Waals surface area contributed by atoms with Crippen LogP contribution in [0.5, 0.6) is 11.5 Å². The van der Waals surface area contributed by atoms with Crippen LogP contribution >= 0.6 is 11.6 Å². The fraction of sp³-hybridized carbons (Fsp3) is 0.222. The van der Waals surface area contributed by atoms with E-state index >= 15 is 0 Å². The Morgan fingerprint density at radius 2 is 1.88 bits per heavy atom. The van der Waals surface area contributed by atoms with E-state index in [9.17, 15) is 14.0 Å². The maximum absolute atomic E-state index is 13.7. The normalized spacial score (nSPS) is 10.2. The number of carbonyl (C=O) groups excluding carboxylic acids is 2. The third kappa shape index (κ3) is 4.70. The van der Waals surface area contributed by atoms with Crippen LogP contribution in [-0.4, -0.2) is 32.6 Å². The van der Waals surface area contributed by atoms with Gasteiger partial charge < -0.3 is 14.2 Å². The average Bonchev–Trinajstić information content (AvgIpc) is 2.62. The van der Waals surface area contributed by atoms with Gasteiger partial charge in [-0.25, -0.2) is 4.39 Å². The molecule has 0 spiro atoms. The molecule has 0 aliphatic carbocycles. The van der Waals surface area contributed by atoms with E-state index in [2.05, 4.69) is 0 Å². The molecule has 0 atom stereocenters. The SMILES string of the molecule is COc1ccc(OC)c(C(=O)COC(=O)Cc2c(F)cccc2Cl)c1. The van der Waals surface area contributed by atoms with Gasteiger partial charge in [0.25, 0.3) is 0 Å². The predicted molar refractivity (Wildman–Crippen MR) is 89.9 cm³/mol. The van der Waals surface area contributed by atoms with Crippen molar-refractivity contribution in [3.63, 3.8) is 0 Å². The number of carbonyl (C=O) groups is 2. The molecule has 0 aliphatic rings. The smallest absolute Gasteiger partial charge is 0.310 e. The van der Waals surface area contributed by atoms with Gasteiger partial charge in [-0.3, -0.25) is 9.59 Å². The Labute approximate surface area is 149 Å². The molecule has 0 N–H and O–H groups in total. The van der Waals surface area contributed by atoms with Crippen molar-refractivity contribution >= 4 is 23.4 Å². The lowest BCUT2D eigenvalue weighted by molar-refractivity contribution is -0.141. The van der Waals surface area contributed by atoms with Crippen LogP contribution in [0.4, 0.5) is 4.39 Å². The van der Waals surface area contributed by atoms with Crippen molar-refractivity contribution in [3.05, 3.63) is 58.4 Å². The number of hydrogen-bond donors (Lipinski definition) is 0. The number of ketones is 1. The molecule has 0 amide bonds. The van der Waals surface area contributed by atoms with Gasteiger partial charge in [-0.2, -0.15) is 0 Å². The Bertz CT molecular complexity index is 771. The Hall–Kier alpha value is -2.60. The lowest BCUT2D eigenvalue weighted by Gasteiger charge is -2.10. The second-order valence-electron chi connectivity index (χ2n) is 5.03. The average molecular weight is 367 g/mol. The maximum Gasteiger partial charge on any atom is 0.310 e. The van der Waals surface area contributed by atoms with E-state index in [-0.39, 0.29) is 22.6 Å². The van der Waals surface area contributed by atoms with Gasteiger partial charge >= 0.3 is 5.97 Å². The monoisotopic (exact) mass is 366 g/mol. The second kappa shape index (κ2) is 8.48. The van der Waals surface area contributed by atoms with Crippen molar-refractivity contribution in [2.24, 2.45) is 0 Å². The van der Waals surface area contributed by atoms with Gasteiger partial charge in [0.2, 0.25) is 5.78 Å². The highest BCUT2D eigenvalue weighted by molar-refractivity contribution is 6.31. The number of rotatable bonds is 7. The van der Waals surface area contributed by atoms with Crippen molar-refractivity contribution < 1.29 is 28.2 Å². The summed E-state index contributed by atoms with van der Waals surface area (Å²) < 4.78 is 28.8. The molecule has 0 aliphatic heterocycles. The molecule has 2 aromatic carbocycles. The molecule has 0 aromatic heterocycles. The molecule has 0 fully saturated rings. The van der Waals surface area contributed by atoms with Crippen LogP contribution in [0.15, 0.2) is 36.4 Å². The van der Waals surface area contributed by atoms with Crippen LogP contribution in [0.25, 0.3) is 0 Å². The number of methoxy groups -OCH3 is 2. The van der Waals surface area contributed by atoms with Gasteiger partial charge in [0.15, 0.2) is 6.61 Å². The largest absolute Gasteiger partial charge is 0.497 e. The summed E-state index contributed by atoms with van der Waals surface area (Å²) in [7, 11) is 2.89. The third-order valence-corrected chi connectivity index (χ3v) is 3.81. The zero-order valence-electron chi connectivity index (χ0n) is 13.7. The molecule has 2 rings (SSSR count). The second-order valence-corrected chi connectivity index (χ2v) is 5.43. The number of benzene rings is 2. The highest BCUT2D eigenvalue weighted by atomic mass is 35.5. The van der Waals surface area contributed by atoms with Crippen LogP contribution in [0.2, 0.25) is 5.02 Å². The molecular formula is C18H16ClFO5. The summed E-state index contributed by atoms with van der Waals surface area (Å²) in [6.45, 7) is -0.506.